The van der Waals surface area contributed by atoms with Crippen LogP contribution in [0.15, 0.2) is 24.3 Å². The maximum absolute atomic E-state index is 6.01. The quantitative estimate of drug-likeness (QED) is 0.884. The SMILES string of the molecule is CCOc1ccc(-c2c(N)n[nH]c2C2CC2C)cc1. The molecule has 0 amide bonds. The second-order valence-corrected chi connectivity index (χ2v) is 5.17. The summed E-state index contributed by atoms with van der Waals surface area (Å²) in [5, 5.41) is 7.27. The van der Waals surface area contributed by atoms with Gasteiger partial charge in [0, 0.05) is 17.2 Å². The molecule has 1 aromatic carbocycles. The van der Waals surface area contributed by atoms with E-state index in [1.54, 1.807) is 0 Å². The maximum Gasteiger partial charge on any atom is 0.153 e. The lowest BCUT2D eigenvalue weighted by Crippen LogP contribution is -1.93. The van der Waals surface area contributed by atoms with Crippen molar-refractivity contribution in [2.75, 3.05) is 12.3 Å². The highest BCUT2D eigenvalue weighted by Crippen LogP contribution is 2.50. The third-order valence-corrected chi connectivity index (χ3v) is 3.76. The fourth-order valence-corrected chi connectivity index (χ4v) is 2.55. The molecule has 1 heterocycles. The number of hydrogen-bond donors (Lipinski definition) is 2. The summed E-state index contributed by atoms with van der Waals surface area (Å²) in [6, 6.07) is 8.04. The van der Waals surface area contributed by atoms with E-state index in [1.807, 2.05) is 31.2 Å². The van der Waals surface area contributed by atoms with Gasteiger partial charge in [-0.2, -0.15) is 5.10 Å². The van der Waals surface area contributed by atoms with Crippen molar-refractivity contribution in [2.45, 2.75) is 26.2 Å². The number of hydrogen-bond acceptors (Lipinski definition) is 3. The third-order valence-electron chi connectivity index (χ3n) is 3.76. The number of nitrogens with one attached hydrogen (secondary N) is 1. The van der Waals surface area contributed by atoms with Gasteiger partial charge in [-0.3, -0.25) is 5.10 Å². The predicted octanol–water partition coefficient (Wildman–Crippen LogP) is 3.18. The summed E-state index contributed by atoms with van der Waals surface area (Å²) < 4.78 is 5.46. The van der Waals surface area contributed by atoms with Crippen LogP contribution in [-0.2, 0) is 0 Å². The third kappa shape index (κ3) is 2.18. The minimum atomic E-state index is 0.575. The minimum absolute atomic E-state index is 0.575. The summed E-state index contributed by atoms with van der Waals surface area (Å²) in [7, 11) is 0. The van der Waals surface area contributed by atoms with Gasteiger partial charge >= 0.3 is 0 Å². The van der Waals surface area contributed by atoms with E-state index in [0.29, 0.717) is 18.3 Å². The highest BCUT2D eigenvalue weighted by atomic mass is 16.5. The minimum Gasteiger partial charge on any atom is -0.494 e. The fraction of sp³-hybridized carbons (Fsp3) is 0.400. The predicted molar refractivity (Wildman–Crippen MR) is 76.1 cm³/mol. The molecule has 0 aliphatic heterocycles. The van der Waals surface area contributed by atoms with Gasteiger partial charge in [0.2, 0.25) is 0 Å². The Labute approximate surface area is 113 Å². The Morgan fingerprint density at radius 2 is 2.05 bits per heavy atom. The molecular weight excluding hydrogens is 238 g/mol. The first-order valence-corrected chi connectivity index (χ1v) is 6.77. The zero-order valence-corrected chi connectivity index (χ0v) is 11.3. The standard InChI is InChI=1S/C15H19N3O/c1-3-19-11-6-4-10(5-7-11)13-14(12-8-9(12)2)17-18-15(13)16/h4-7,9,12H,3,8H2,1-2H3,(H3,16,17,18). The number of nitrogens with zero attached hydrogens (tertiary/aromatic N) is 1. The number of nitrogens with two attached hydrogens (primary N) is 1. The van der Waals surface area contributed by atoms with Crippen molar-refractivity contribution < 1.29 is 4.74 Å². The Bertz CT molecular complexity index is 574. The van der Waals surface area contributed by atoms with Crippen molar-refractivity contribution in [3.8, 4) is 16.9 Å². The second kappa shape index (κ2) is 4.61. The maximum atomic E-state index is 6.01. The molecule has 1 aliphatic rings. The van der Waals surface area contributed by atoms with Gasteiger partial charge in [-0.25, -0.2) is 0 Å². The lowest BCUT2D eigenvalue weighted by molar-refractivity contribution is 0.340. The van der Waals surface area contributed by atoms with Gasteiger partial charge in [0.05, 0.1) is 6.61 Å². The van der Waals surface area contributed by atoms with Crippen LogP contribution < -0.4 is 10.5 Å². The Hall–Kier alpha value is -1.97. The topological polar surface area (TPSA) is 63.9 Å². The van der Waals surface area contributed by atoms with E-state index in [0.717, 1.165) is 22.8 Å². The number of anilines is 1. The molecule has 19 heavy (non-hydrogen) atoms. The van der Waals surface area contributed by atoms with Gasteiger partial charge < -0.3 is 10.5 Å². The normalized spacial score (nSPS) is 21.4. The molecule has 1 aliphatic carbocycles. The largest absolute Gasteiger partial charge is 0.494 e. The lowest BCUT2D eigenvalue weighted by Gasteiger charge is -2.06. The van der Waals surface area contributed by atoms with Gasteiger partial charge in [0.1, 0.15) is 5.75 Å². The van der Waals surface area contributed by atoms with Crippen LogP contribution in [0.2, 0.25) is 0 Å². The van der Waals surface area contributed by atoms with Crippen molar-refractivity contribution in [1.29, 1.82) is 0 Å². The summed E-state index contributed by atoms with van der Waals surface area (Å²) in [6.07, 6.45) is 1.21. The first-order chi connectivity index (χ1) is 9.20. The molecule has 1 saturated carbocycles. The van der Waals surface area contributed by atoms with E-state index < -0.39 is 0 Å². The first-order valence-electron chi connectivity index (χ1n) is 6.77. The van der Waals surface area contributed by atoms with Crippen LogP contribution in [0.1, 0.15) is 31.9 Å². The van der Waals surface area contributed by atoms with E-state index in [1.165, 1.54) is 12.1 Å². The highest BCUT2D eigenvalue weighted by molar-refractivity contribution is 5.77. The van der Waals surface area contributed by atoms with Crippen molar-refractivity contribution in [1.82, 2.24) is 10.2 Å². The van der Waals surface area contributed by atoms with E-state index >= 15 is 0 Å². The molecule has 4 nitrogen and oxygen atoms in total. The molecule has 0 spiro atoms. The average molecular weight is 257 g/mol. The molecule has 2 atom stereocenters. The van der Waals surface area contributed by atoms with E-state index in [4.69, 9.17) is 10.5 Å². The van der Waals surface area contributed by atoms with Crippen LogP contribution in [0.3, 0.4) is 0 Å². The molecule has 4 heteroatoms. The molecule has 3 N–H and O–H groups in total. The van der Waals surface area contributed by atoms with Crippen LogP contribution >= 0.6 is 0 Å². The Morgan fingerprint density at radius 1 is 1.37 bits per heavy atom. The Balaban J connectivity index is 1.95. The number of aromatic nitrogens is 2. The first kappa shape index (κ1) is 12.1. The second-order valence-electron chi connectivity index (χ2n) is 5.17. The summed E-state index contributed by atoms with van der Waals surface area (Å²) in [4.78, 5) is 0. The smallest absolute Gasteiger partial charge is 0.153 e. The van der Waals surface area contributed by atoms with Crippen LogP contribution in [0, 0.1) is 5.92 Å². The number of ether oxygens (including phenoxy) is 1. The molecule has 3 rings (SSSR count). The van der Waals surface area contributed by atoms with Crippen LogP contribution in [0.4, 0.5) is 5.82 Å². The van der Waals surface area contributed by atoms with Gasteiger partial charge in [-0.15, -0.1) is 0 Å². The van der Waals surface area contributed by atoms with E-state index in [9.17, 15) is 0 Å². The molecule has 100 valence electrons. The zero-order valence-electron chi connectivity index (χ0n) is 11.3. The molecule has 0 radical (unpaired) electrons. The Morgan fingerprint density at radius 3 is 2.63 bits per heavy atom. The number of aromatic amines is 1. The van der Waals surface area contributed by atoms with Crippen molar-refractivity contribution in [3.63, 3.8) is 0 Å². The zero-order chi connectivity index (χ0) is 13.4. The number of benzene rings is 1. The summed E-state index contributed by atoms with van der Waals surface area (Å²) in [6.45, 7) is 4.91. The molecule has 1 fully saturated rings. The molecule has 1 aromatic heterocycles. The summed E-state index contributed by atoms with van der Waals surface area (Å²) in [5.41, 5.74) is 9.34. The van der Waals surface area contributed by atoms with Gasteiger partial charge in [-0.1, -0.05) is 19.1 Å². The Kier molecular flexibility index (Phi) is 2.93. The summed E-state index contributed by atoms with van der Waals surface area (Å²) in [5.74, 6) is 2.76. The van der Waals surface area contributed by atoms with Crippen LogP contribution in [0.5, 0.6) is 5.75 Å². The molecule has 0 saturated heterocycles. The van der Waals surface area contributed by atoms with Crippen LogP contribution in [-0.4, -0.2) is 16.8 Å². The van der Waals surface area contributed by atoms with Crippen molar-refractivity contribution >= 4 is 5.82 Å². The van der Waals surface area contributed by atoms with Crippen LogP contribution in [0.25, 0.3) is 11.1 Å². The van der Waals surface area contributed by atoms with E-state index in [-0.39, 0.29) is 0 Å². The van der Waals surface area contributed by atoms with Crippen molar-refractivity contribution in [3.05, 3.63) is 30.0 Å². The summed E-state index contributed by atoms with van der Waals surface area (Å²) >= 11 is 0. The average Bonchev–Trinajstić information content (AvgIpc) is 3.00. The number of rotatable bonds is 4. The van der Waals surface area contributed by atoms with Gasteiger partial charge in [-0.05, 0) is 37.0 Å². The molecule has 2 unspecified atom stereocenters. The molecule has 0 bridgehead atoms. The van der Waals surface area contributed by atoms with E-state index in [2.05, 4.69) is 17.1 Å². The monoisotopic (exact) mass is 257 g/mol. The van der Waals surface area contributed by atoms with Gasteiger partial charge in [0.15, 0.2) is 5.82 Å². The number of nitrogen functional groups attached to an aromatic ring is 1. The van der Waals surface area contributed by atoms with Crippen molar-refractivity contribution in [2.24, 2.45) is 5.92 Å². The lowest BCUT2D eigenvalue weighted by atomic mass is 10.0. The number of H-pyrrole nitrogens is 1. The highest BCUT2D eigenvalue weighted by Gasteiger charge is 2.37. The molecular formula is C15H19N3O. The fourth-order valence-electron chi connectivity index (χ4n) is 2.55. The molecule has 2 aromatic rings. The van der Waals surface area contributed by atoms with Gasteiger partial charge in [0.25, 0.3) is 0 Å².